The summed E-state index contributed by atoms with van der Waals surface area (Å²) in [4.78, 5) is 20.1. The van der Waals surface area contributed by atoms with Gasteiger partial charge in [-0.3, -0.25) is 4.79 Å². The first kappa shape index (κ1) is 19.3. The molecule has 1 heterocycles. The topological polar surface area (TPSA) is 82.6 Å². The lowest BCUT2D eigenvalue weighted by molar-refractivity contribution is 0.0751. The van der Waals surface area contributed by atoms with Crippen molar-refractivity contribution in [3.05, 3.63) is 36.5 Å². The number of nitrogens with one attached hydrogen (secondary N) is 1. The molecule has 0 fully saturated rings. The number of carbonyl (C=O) groups excluding carboxylic acids is 1. The number of aromatic nitrogens is 1. The first-order chi connectivity index (χ1) is 10.9. The van der Waals surface area contributed by atoms with Crippen LogP contribution < -0.4 is 4.72 Å². The van der Waals surface area contributed by atoms with Crippen LogP contribution in [0.15, 0.2) is 36.0 Å². The van der Waals surface area contributed by atoms with Gasteiger partial charge in [0, 0.05) is 32.4 Å². The molecular weight excluding hydrogens is 316 g/mol. The van der Waals surface area contributed by atoms with Crippen LogP contribution in [0.4, 0.5) is 0 Å². The van der Waals surface area contributed by atoms with Crippen molar-refractivity contribution in [1.29, 1.82) is 0 Å². The number of sulfonamides is 1. The smallest absolute Gasteiger partial charge is 0.257 e. The second-order valence-electron chi connectivity index (χ2n) is 5.03. The lowest BCUT2D eigenvalue weighted by Gasteiger charge is -2.24. The van der Waals surface area contributed by atoms with Crippen molar-refractivity contribution >= 4 is 15.9 Å². The molecule has 0 aromatic carbocycles. The fraction of sp³-hybridized carbons (Fsp3) is 0.467. The summed E-state index contributed by atoms with van der Waals surface area (Å²) >= 11 is 0. The zero-order chi connectivity index (χ0) is 17.5. The number of hydrogen-bond acceptors (Lipinski definition) is 5. The molecule has 1 aromatic heterocycles. The standard InChI is InChI=1S/C15H24N4O3S/c1-5-9-18(4)10-11-19(6-2)15(20)13-7-8-14(17-12-13)23(21,22)16-3/h5,7-8,12,16H,1,6,9-11H2,2-4H3. The maximum atomic E-state index is 12.5. The van der Waals surface area contributed by atoms with Gasteiger partial charge in [-0.2, -0.15) is 0 Å². The summed E-state index contributed by atoms with van der Waals surface area (Å²) in [5.41, 5.74) is 0.369. The summed E-state index contributed by atoms with van der Waals surface area (Å²) in [6.45, 7) is 8.21. The van der Waals surface area contributed by atoms with Gasteiger partial charge in [0.2, 0.25) is 0 Å². The fourth-order valence-corrected chi connectivity index (χ4v) is 2.61. The Hall–Kier alpha value is -1.77. The van der Waals surface area contributed by atoms with Crippen LogP contribution in [-0.4, -0.2) is 69.4 Å². The molecule has 1 amide bonds. The van der Waals surface area contributed by atoms with Crippen LogP contribution in [0.3, 0.4) is 0 Å². The highest BCUT2D eigenvalue weighted by Crippen LogP contribution is 2.09. The molecule has 128 valence electrons. The Balaban J connectivity index is 2.80. The summed E-state index contributed by atoms with van der Waals surface area (Å²) < 4.78 is 25.4. The van der Waals surface area contributed by atoms with E-state index in [-0.39, 0.29) is 10.9 Å². The molecule has 0 unspecified atom stereocenters. The van der Waals surface area contributed by atoms with Gasteiger partial charge in [0.05, 0.1) is 5.56 Å². The van der Waals surface area contributed by atoms with Gasteiger partial charge < -0.3 is 9.80 Å². The van der Waals surface area contributed by atoms with Crippen LogP contribution in [0.25, 0.3) is 0 Å². The monoisotopic (exact) mass is 340 g/mol. The zero-order valence-corrected chi connectivity index (χ0v) is 14.6. The van der Waals surface area contributed by atoms with Gasteiger partial charge in [-0.1, -0.05) is 6.08 Å². The van der Waals surface area contributed by atoms with E-state index in [1.165, 1.54) is 25.4 Å². The van der Waals surface area contributed by atoms with E-state index >= 15 is 0 Å². The summed E-state index contributed by atoms with van der Waals surface area (Å²) in [6.07, 6.45) is 3.10. The minimum Gasteiger partial charge on any atom is -0.338 e. The fourth-order valence-electron chi connectivity index (χ4n) is 1.96. The van der Waals surface area contributed by atoms with E-state index in [1.54, 1.807) is 4.90 Å². The van der Waals surface area contributed by atoms with Crippen molar-refractivity contribution < 1.29 is 13.2 Å². The largest absolute Gasteiger partial charge is 0.338 e. The molecule has 1 aromatic rings. The van der Waals surface area contributed by atoms with Gasteiger partial charge in [-0.25, -0.2) is 18.1 Å². The van der Waals surface area contributed by atoms with Gasteiger partial charge in [0.25, 0.3) is 15.9 Å². The van der Waals surface area contributed by atoms with Crippen LogP contribution >= 0.6 is 0 Å². The normalized spacial score (nSPS) is 11.5. The number of carbonyl (C=O) groups is 1. The van der Waals surface area contributed by atoms with Crippen LogP contribution in [-0.2, 0) is 10.0 Å². The third kappa shape index (κ3) is 5.42. The van der Waals surface area contributed by atoms with Crippen LogP contribution in [0, 0.1) is 0 Å². The Bertz CT molecular complexity index is 629. The highest BCUT2D eigenvalue weighted by molar-refractivity contribution is 7.89. The molecule has 7 nitrogen and oxygen atoms in total. The molecule has 0 atom stereocenters. The SMILES string of the molecule is C=CCN(C)CCN(CC)C(=O)c1ccc(S(=O)(=O)NC)nc1. The van der Waals surface area contributed by atoms with E-state index < -0.39 is 10.0 Å². The number of rotatable bonds is 9. The van der Waals surface area contributed by atoms with Crippen molar-refractivity contribution in [3.63, 3.8) is 0 Å². The van der Waals surface area contributed by atoms with Crippen LogP contribution in [0.2, 0.25) is 0 Å². The molecule has 8 heteroatoms. The van der Waals surface area contributed by atoms with Gasteiger partial charge >= 0.3 is 0 Å². The second kappa shape index (κ2) is 8.76. The average molecular weight is 340 g/mol. The van der Waals surface area contributed by atoms with Crippen LogP contribution in [0.1, 0.15) is 17.3 Å². The predicted molar refractivity (Wildman–Crippen MR) is 89.8 cm³/mol. The van der Waals surface area contributed by atoms with Gasteiger partial charge in [-0.05, 0) is 33.2 Å². The highest BCUT2D eigenvalue weighted by Gasteiger charge is 2.17. The molecular formula is C15H24N4O3S. The number of hydrogen-bond donors (Lipinski definition) is 1. The Morgan fingerprint density at radius 3 is 2.57 bits per heavy atom. The van der Waals surface area contributed by atoms with Crippen molar-refractivity contribution in [1.82, 2.24) is 19.5 Å². The lowest BCUT2D eigenvalue weighted by Crippen LogP contribution is -2.37. The Kier molecular flexibility index (Phi) is 7.34. The molecule has 0 bridgehead atoms. The van der Waals surface area contributed by atoms with Gasteiger partial charge in [-0.15, -0.1) is 6.58 Å². The minimum atomic E-state index is -3.60. The first-order valence-corrected chi connectivity index (χ1v) is 8.82. The lowest BCUT2D eigenvalue weighted by atomic mass is 10.2. The summed E-state index contributed by atoms with van der Waals surface area (Å²) in [5, 5.41) is -0.106. The van der Waals surface area contributed by atoms with E-state index in [0.29, 0.717) is 18.7 Å². The highest BCUT2D eigenvalue weighted by atomic mass is 32.2. The van der Waals surface area contributed by atoms with E-state index in [9.17, 15) is 13.2 Å². The molecule has 0 radical (unpaired) electrons. The van der Waals surface area contributed by atoms with Crippen LogP contribution in [0.5, 0.6) is 0 Å². The molecule has 0 aliphatic carbocycles. The molecule has 0 saturated carbocycles. The quantitative estimate of drug-likeness (QED) is 0.665. The molecule has 1 N–H and O–H groups in total. The zero-order valence-electron chi connectivity index (χ0n) is 13.8. The third-order valence-electron chi connectivity index (χ3n) is 3.39. The molecule has 0 aliphatic heterocycles. The Morgan fingerprint density at radius 2 is 2.09 bits per heavy atom. The van der Waals surface area contributed by atoms with Gasteiger partial charge in [0.15, 0.2) is 5.03 Å². The van der Waals surface area contributed by atoms with E-state index in [0.717, 1.165) is 13.1 Å². The van der Waals surface area contributed by atoms with Crippen molar-refractivity contribution in [2.24, 2.45) is 0 Å². The third-order valence-corrected chi connectivity index (χ3v) is 4.72. The molecule has 23 heavy (non-hydrogen) atoms. The Morgan fingerprint density at radius 1 is 1.39 bits per heavy atom. The second-order valence-corrected chi connectivity index (χ2v) is 6.86. The number of likely N-dealkylation sites (N-methyl/N-ethyl adjacent to an activating group) is 2. The number of pyridine rings is 1. The van der Waals surface area contributed by atoms with Gasteiger partial charge in [0.1, 0.15) is 0 Å². The van der Waals surface area contributed by atoms with Crippen molar-refractivity contribution in [3.8, 4) is 0 Å². The van der Waals surface area contributed by atoms with Crippen molar-refractivity contribution in [2.75, 3.05) is 40.3 Å². The predicted octanol–water partition coefficient (Wildman–Crippen LogP) is 0.570. The average Bonchev–Trinajstić information content (AvgIpc) is 2.55. The summed E-state index contributed by atoms with van der Waals surface area (Å²) in [5.74, 6) is -0.166. The summed E-state index contributed by atoms with van der Waals surface area (Å²) in [6, 6.07) is 2.81. The summed E-state index contributed by atoms with van der Waals surface area (Å²) in [7, 11) is -0.325. The number of amides is 1. The molecule has 0 saturated heterocycles. The minimum absolute atomic E-state index is 0.106. The Labute approximate surface area is 138 Å². The molecule has 1 rings (SSSR count). The van der Waals surface area contributed by atoms with E-state index in [2.05, 4.69) is 21.2 Å². The van der Waals surface area contributed by atoms with Crippen molar-refractivity contribution in [2.45, 2.75) is 11.9 Å². The van der Waals surface area contributed by atoms with E-state index in [1.807, 2.05) is 20.0 Å². The molecule has 0 spiro atoms. The first-order valence-electron chi connectivity index (χ1n) is 7.34. The molecule has 0 aliphatic rings. The maximum Gasteiger partial charge on any atom is 0.257 e. The number of nitrogens with zero attached hydrogens (tertiary/aromatic N) is 3. The maximum absolute atomic E-state index is 12.5. The van der Waals surface area contributed by atoms with E-state index in [4.69, 9.17) is 0 Å².